The lowest BCUT2D eigenvalue weighted by Crippen LogP contribution is -2.29. The first-order valence-corrected chi connectivity index (χ1v) is 6.15. The van der Waals surface area contributed by atoms with E-state index in [1.165, 1.54) is 5.56 Å². The summed E-state index contributed by atoms with van der Waals surface area (Å²) in [6.07, 6.45) is 0.970. The average molecular weight is 234 g/mol. The van der Waals surface area contributed by atoms with E-state index in [-0.39, 0.29) is 0 Å². The Morgan fingerprint density at radius 1 is 1.31 bits per heavy atom. The molecule has 0 fully saturated rings. The third-order valence-corrected chi connectivity index (χ3v) is 2.85. The van der Waals surface area contributed by atoms with Crippen LogP contribution in [-0.4, -0.2) is 16.4 Å². The third kappa shape index (κ3) is 4.31. The summed E-state index contributed by atoms with van der Waals surface area (Å²) in [6.45, 7) is 9.94. The van der Waals surface area contributed by atoms with Crippen molar-refractivity contribution in [2.45, 2.75) is 26.8 Å². The van der Waals surface area contributed by atoms with E-state index in [0.717, 1.165) is 24.5 Å². The molecule has 0 heterocycles. The highest BCUT2D eigenvalue weighted by atomic mass is 32.1. The van der Waals surface area contributed by atoms with Gasteiger partial charge in [-0.3, -0.25) is 0 Å². The first kappa shape index (κ1) is 13.2. The normalized spacial score (nSPS) is 10.5. The maximum atomic E-state index is 5.44. The fourth-order valence-corrected chi connectivity index (χ4v) is 2.06. The molecule has 1 nitrogen and oxygen atoms in total. The lowest BCUT2D eigenvalue weighted by atomic mass is 10.1. The molecule has 0 N–H and O–H groups in total. The molecule has 0 unspecified atom stereocenters. The fourth-order valence-electron chi connectivity index (χ4n) is 1.57. The van der Waals surface area contributed by atoms with Gasteiger partial charge in [0.1, 0.15) is 0 Å². The monoisotopic (exact) mass is 234 g/mol. The molecular formula is C14H20NS. The maximum absolute atomic E-state index is 5.44. The van der Waals surface area contributed by atoms with Crippen molar-refractivity contribution < 1.29 is 0 Å². The largest absolute Gasteiger partial charge is 0.362 e. The Labute approximate surface area is 104 Å². The van der Waals surface area contributed by atoms with Gasteiger partial charge in [0.15, 0.2) is 0 Å². The summed E-state index contributed by atoms with van der Waals surface area (Å²) >= 11 is 5.44. The van der Waals surface area contributed by atoms with E-state index in [1.54, 1.807) is 0 Å². The third-order valence-electron chi connectivity index (χ3n) is 2.42. The Morgan fingerprint density at radius 2 is 1.94 bits per heavy atom. The number of hydrogen-bond acceptors (Lipinski definition) is 1. The molecule has 16 heavy (non-hydrogen) atoms. The highest BCUT2D eigenvalue weighted by Gasteiger charge is 2.09. The molecule has 0 atom stereocenters. The Hall–Kier alpha value is -0.890. The number of hydrogen-bond donors (Lipinski definition) is 0. The first-order chi connectivity index (χ1) is 7.63. The van der Waals surface area contributed by atoms with Crippen LogP contribution in [0.15, 0.2) is 30.3 Å². The zero-order valence-corrected chi connectivity index (χ0v) is 11.0. The Morgan fingerprint density at radius 3 is 2.44 bits per heavy atom. The van der Waals surface area contributed by atoms with Gasteiger partial charge < -0.3 is 4.90 Å². The van der Waals surface area contributed by atoms with Crippen LogP contribution >= 0.6 is 12.2 Å². The van der Waals surface area contributed by atoms with Gasteiger partial charge in [-0.25, -0.2) is 0 Å². The van der Waals surface area contributed by atoms with Gasteiger partial charge in [-0.1, -0.05) is 56.4 Å². The van der Waals surface area contributed by atoms with E-state index in [2.05, 4.69) is 49.9 Å². The Kier molecular flexibility index (Phi) is 5.47. The van der Waals surface area contributed by atoms with Crippen molar-refractivity contribution in [2.24, 2.45) is 5.92 Å². The zero-order chi connectivity index (χ0) is 12.0. The summed E-state index contributed by atoms with van der Waals surface area (Å²) < 4.78 is 0. The van der Waals surface area contributed by atoms with Crippen LogP contribution in [-0.2, 0) is 6.54 Å². The van der Waals surface area contributed by atoms with E-state index in [4.69, 9.17) is 12.2 Å². The molecule has 0 saturated carbocycles. The molecule has 0 aromatic heterocycles. The van der Waals surface area contributed by atoms with Gasteiger partial charge in [-0.15, -0.1) is 0 Å². The molecule has 0 aliphatic heterocycles. The predicted octanol–water partition coefficient (Wildman–Crippen LogP) is 3.70. The standard InChI is InChI=1S/C14H20NS/c1-4-15(14(16)10-12(2)3)11-13-8-6-5-7-9-13/h5-9,12H,1,4,10-11H2,2-3H3. The van der Waals surface area contributed by atoms with Crippen LogP contribution in [0.3, 0.4) is 0 Å². The smallest absolute Gasteiger partial charge is 0.0784 e. The SMILES string of the molecule is [CH2]CN(Cc1ccccc1)C(=S)CC(C)C. The van der Waals surface area contributed by atoms with Crippen molar-refractivity contribution in [3.8, 4) is 0 Å². The van der Waals surface area contributed by atoms with E-state index in [9.17, 15) is 0 Å². The molecule has 2 heteroatoms. The Balaban J connectivity index is 2.58. The second-order valence-corrected chi connectivity index (χ2v) is 4.87. The molecular weight excluding hydrogens is 214 g/mol. The van der Waals surface area contributed by atoms with Crippen LogP contribution in [0.1, 0.15) is 25.8 Å². The van der Waals surface area contributed by atoms with Crippen molar-refractivity contribution in [1.82, 2.24) is 4.90 Å². The zero-order valence-electron chi connectivity index (χ0n) is 10.1. The minimum atomic E-state index is 0.609. The lowest BCUT2D eigenvalue weighted by molar-refractivity contribution is 0.443. The molecule has 0 saturated heterocycles. The van der Waals surface area contributed by atoms with E-state index >= 15 is 0 Å². The van der Waals surface area contributed by atoms with Gasteiger partial charge in [0.25, 0.3) is 0 Å². The van der Waals surface area contributed by atoms with Crippen LogP contribution in [0.25, 0.3) is 0 Å². The van der Waals surface area contributed by atoms with Gasteiger partial charge in [-0.2, -0.15) is 0 Å². The molecule has 0 bridgehead atoms. The average Bonchev–Trinajstić information content (AvgIpc) is 2.26. The van der Waals surface area contributed by atoms with Crippen LogP contribution < -0.4 is 0 Å². The highest BCUT2D eigenvalue weighted by Crippen LogP contribution is 2.10. The number of rotatable bonds is 5. The van der Waals surface area contributed by atoms with Gasteiger partial charge in [0.2, 0.25) is 0 Å². The quantitative estimate of drug-likeness (QED) is 0.715. The summed E-state index contributed by atoms with van der Waals surface area (Å²) in [5, 5.41) is 0. The van der Waals surface area contributed by atoms with E-state index < -0.39 is 0 Å². The molecule has 0 amide bonds. The Bertz CT molecular complexity index is 319. The van der Waals surface area contributed by atoms with Crippen LogP contribution in [0, 0.1) is 12.8 Å². The molecule has 0 aliphatic carbocycles. The second kappa shape index (κ2) is 6.64. The van der Waals surface area contributed by atoms with Gasteiger partial charge in [0, 0.05) is 19.5 Å². The van der Waals surface area contributed by atoms with Gasteiger partial charge >= 0.3 is 0 Å². The van der Waals surface area contributed by atoms with Gasteiger partial charge in [-0.05, 0) is 18.4 Å². The minimum absolute atomic E-state index is 0.609. The first-order valence-electron chi connectivity index (χ1n) is 5.74. The molecule has 1 radical (unpaired) electrons. The van der Waals surface area contributed by atoms with Gasteiger partial charge in [0.05, 0.1) is 4.99 Å². The summed E-state index contributed by atoms with van der Waals surface area (Å²) in [4.78, 5) is 3.19. The molecule has 1 aromatic rings. The van der Waals surface area contributed by atoms with Crippen LogP contribution in [0.5, 0.6) is 0 Å². The molecule has 1 aromatic carbocycles. The second-order valence-electron chi connectivity index (χ2n) is 4.40. The molecule has 0 spiro atoms. The van der Waals surface area contributed by atoms with Crippen LogP contribution in [0.2, 0.25) is 0 Å². The summed E-state index contributed by atoms with van der Waals surface area (Å²) in [5.41, 5.74) is 1.29. The topological polar surface area (TPSA) is 3.24 Å². The van der Waals surface area contributed by atoms with E-state index in [0.29, 0.717) is 5.92 Å². The van der Waals surface area contributed by atoms with Crippen molar-refractivity contribution >= 4 is 17.2 Å². The van der Waals surface area contributed by atoms with E-state index in [1.807, 2.05) is 6.07 Å². The lowest BCUT2D eigenvalue weighted by Gasteiger charge is -2.24. The molecule has 87 valence electrons. The molecule has 0 aliphatic rings. The predicted molar refractivity (Wildman–Crippen MR) is 74.3 cm³/mol. The number of nitrogens with zero attached hydrogens (tertiary/aromatic N) is 1. The van der Waals surface area contributed by atoms with Crippen molar-refractivity contribution in [3.05, 3.63) is 42.8 Å². The molecule has 1 rings (SSSR count). The fraction of sp³-hybridized carbons (Fsp3) is 0.429. The van der Waals surface area contributed by atoms with Crippen molar-refractivity contribution in [2.75, 3.05) is 6.54 Å². The number of thiocarbonyl (C=S) groups is 1. The van der Waals surface area contributed by atoms with Crippen molar-refractivity contribution in [1.29, 1.82) is 0 Å². The maximum Gasteiger partial charge on any atom is 0.0784 e. The summed E-state index contributed by atoms with van der Waals surface area (Å²) in [7, 11) is 0. The summed E-state index contributed by atoms with van der Waals surface area (Å²) in [5.74, 6) is 0.609. The van der Waals surface area contributed by atoms with Crippen LogP contribution in [0.4, 0.5) is 0 Å². The minimum Gasteiger partial charge on any atom is -0.362 e. The highest BCUT2D eigenvalue weighted by molar-refractivity contribution is 7.80. The number of benzene rings is 1. The van der Waals surface area contributed by atoms with Crippen molar-refractivity contribution in [3.63, 3.8) is 0 Å². The summed E-state index contributed by atoms with van der Waals surface area (Å²) in [6, 6.07) is 10.4.